The van der Waals surface area contributed by atoms with Crippen LogP contribution < -0.4 is 0 Å². The zero-order valence-electron chi connectivity index (χ0n) is 16.2. The Balaban J connectivity index is 1.89. The summed E-state index contributed by atoms with van der Waals surface area (Å²) in [6.07, 6.45) is 3.16. The number of benzene rings is 2. The average Bonchev–Trinajstić information content (AvgIpc) is 3.05. The molecule has 154 valence electrons. The number of ketones is 1. The van der Waals surface area contributed by atoms with Crippen molar-refractivity contribution in [1.82, 2.24) is 9.88 Å². The molecule has 1 aliphatic rings. The van der Waals surface area contributed by atoms with Crippen molar-refractivity contribution in [2.45, 2.75) is 12.6 Å². The van der Waals surface area contributed by atoms with Crippen molar-refractivity contribution in [1.29, 1.82) is 0 Å². The summed E-state index contributed by atoms with van der Waals surface area (Å²) in [4.78, 5) is 42.0. The van der Waals surface area contributed by atoms with E-state index in [1.807, 2.05) is 0 Å². The number of hydrogen-bond acceptors (Lipinski definition) is 6. The molecule has 0 radical (unpaired) electrons. The topological polar surface area (TPSA) is 114 Å². The third-order valence-electron chi connectivity index (χ3n) is 5.06. The molecule has 2 heterocycles. The number of rotatable bonds is 5. The standard InChI is InChI=1S/C23H17N3O5/c27-21(16-7-2-1-3-8-16)19-20(17-9-4-10-18(12-17)26(30)31)25(23(29)22(19)28)14-15-6-5-11-24-13-15/h1-13,20,27H,14H2/b21-19+/t20-/m0/s1. The van der Waals surface area contributed by atoms with E-state index in [2.05, 4.69) is 4.98 Å². The molecule has 31 heavy (non-hydrogen) atoms. The summed E-state index contributed by atoms with van der Waals surface area (Å²) in [5.74, 6) is -1.97. The smallest absolute Gasteiger partial charge is 0.295 e. The Morgan fingerprint density at radius 2 is 1.84 bits per heavy atom. The van der Waals surface area contributed by atoms with Crippen molar-refractivity contribution < 1.29 is 19.6 Å². The highest BCUT2D eigenvalue weighted by molar-refractivity contribution is 6.46. The van der Waals surface area contributed by atoms with Crippen molar-refractivity contribution >= 4 is 23.1 Å². The Morgan fingerprint density at radius 1 is 1.06 bits per heavy atom. The quantitative estimate of drug-likeness (QED) is 0.224. The molecule has 1 saturated heterocycles. The van der Waals surface area contributed by atoms with Crippen LogP contribution in [0.4, 0.5) is 5.69 Å². The van der Waals surface area contributed by atoms with Crippen LogP contribution in [0, 0.1) is 10.1 Å². The Hall–Kier alpha value is -4.33. The van der Waals surface area contributed by atoms with Crippen molar-refractivity contribution in [3.8, 4) is 0 Å². The van der Waals surface area contributed by atoms with E-state index in [4.69, 9.17) is 0 Å². The number of non-ortho nitro benzene ring substituents is 1. The van der Waals surface area contributed by atoms with Crippen LogP contribution in [-0.4, -0.2) is 31.6 Å². The lowest BCUT2D eigenvalue weighted by Crippen LogP contribution is -2.29. The highest BCUT2D eigenvalue weighted by atomic mass is 16.6. The maximum Gasteiger partial charge on any atom is 0.295 e. The lowest BCUT2D eigenvalue weighted by Gasteiger charge is -2.25. The Bertz CT molecular complexity index is 1190. The van der Waals surface area contributed by atoms with Crippen molar-refractivity contribution in [2.24, 2.45) is 0 Å². The largest absolute Gasteiger partial charge is 0.507 e. The number of Topliss-reactive ketones (excluding diaryl/α,β-unsaturated/α-hetero) is 1. The van der Waals surface area contributed by atoms with Gasteiger partial charge in [-0.2, -0.15) is 0 Å². The van der Waals surface area contributed by atoms with E-state index in [9.17, 15) is 24.8 Å². The van der Waals surface area contributed by atoms with E-state index in [0.29, 0.717) is 16.7 Å². The van der Waals surface area contributed by atoms with E-state index < -0.39 is 22.7 Å². The van der Waals surface area contributed by atoms with Gasteiger partial charge in [0.2, 0.25) is 0 Å². The molecule has 0 aliphatic carbocycles. The van der Waals surface area contributed by atoms with Crippen LogP contribution in [0.15, 0.2) is 84.7 Å². The highest BCUT2D eigenvalue weighted by Crippen LogP contribution is 2.40. The molecule has 8 nitrogen and oxygen atoms in total. The molecular formula is C23H17N3O5. The van der Waals surface area contributed by atoms with Gasteiger partial charge in [0.1, 0.15) is 5.76 Å². The number of nitro groups is 1. The molecule has 2 aromatic carbocycles. The Kier molecular flexibility index (Phi) is 5.28. The number of aliphatic hydroxyl groups excluding tert-OH is 1. The van der Waals surface area contributed by atoms with Crippen LogP contribution >= 0.6 is 0 Å². The predicted octanol–water partition coefficient (Wildman–Crippen LogP) is 3.61. The van der Waals surface area contributed by atoms with Gasteiger partial charge >= 0.3 is 0 Å². The van der Waals surface area contributed by atoms with E-state index in [1.165, 1.54) is 23.1 Å². The Morgan fingerprint density at radius 3 is 2.52 bits per heavy atom. The second-order valence-electron chi connectivity index (χ2n) is 7.01. The number of aliphatic hydroxyl groups is 1. The molecule has 1 fully saturated rings. The normalized spacial score (nSPS) is 17.7. The van der Waals surface area contributed by atoms with E-state index in [-0.39, 0.29) is 23.6 Å². The molecule has 8 heteroatoms. The van der Waals surface area contributed by atoms with Crippen LogP contribution in [0.1, 0.15) is 22.7 Å². The summed E-state index contributed by atoms with van der Waals surface area (Å²) in [6, 6.07) is 16.6. The van der Waals surface area contributed by atoms with E-state index in [1.54, 1.807) is 60.9 Å². The van der Waals surface area contributed by atoms with Gasteiger partial charge in [-0.25, -0.2) is 0 Å². The van der Waals surface area contributed by atoms with Gasteiger partial charge in [0, 0.05) is 36.6 Å². The number of carbonyl (C=O) groups is 2. The fraction of sp³-hybridized carbons (Fsp3) is 0.0870. The van der Waals surface area contributed by atoms with Gasteiger partial charge < -0.3 is 10.0 Å². The zero-order valence-corrected chi connectivity index (χ0v) is 16.2. The minimum absolute atomic E-state index is 0.0529. The number of carbonyl (C=O) groups excluding carboxylic acids is 2. The number of nitro benzene ring substituents is 1. The molecule has 1 atom stereocenters. The molecule has 0 spiro atoms. The van der Waals surface area contributed by atoms with Gasteiger partial charge in [-0.3, -0.25) is 24.7 Å². The third-order valence-corrected chi connectivity index (χ3v) is 5.06. The molecule has 0 bridgehead atoms. The lowest BCUT2D eigenvalue weighted by atomic mass is 9.95. The van der Waals surface area contributed by atoms with Crippen molar-refractivity contribution in [3.05, 3.63) is 112 Å². The fourth-order valence-electron chi connectivity index (χ4n) is 3.64. The molecular weight excluding hydrogens is 398 g/mol. The number of nitrogens with zero attached hydrogens (tertiary/aromatic N) is 3. The lowest BCUT2D eigenvalue weighted by molar-refractivity contribution is -0.384. The SMILES string of the molecule is O=C1C(=O)N(Cc2cccnc2)[C@@H](c2cccc([N+](=O)[O-])c2)/C1=C(\O)c1ccccc1. The predicted molar refractivity (Wildman–Crippen MR) is 112 cm³/mol. The molecule has 3 aromatic rings. The minimum atomic E-state index is -0.986. The van der Waals surface area contributed by atoms with Crippen molar-refractivity contribution in [2.75, 3.05) is 0 Å². The molecule has 1 aromatic heterocycles. The first kappa shape index (κ1) is 20.0. The van der Waals surface area contributed by atoms with Crippen LogP contribution in [0.5, 0.6) is 0 Å². The summed E-state index contributed by atoms with van der Waals surface area (Å²) >= 11 is 0. The third kappa shape index (κ3) is 3.78. The number of amides is 1. The van der Waals surface area contributed by atoms with Crippen LogP contribution in [-0.2, 0) is 16.1 Å². The maximum absolute atomic E-state index is 13.0. The van der Waals surface area contributed by atoms with Crippen LogP contribution in [0.25, 0.3) is 5.76 Å². The summed E-state index contributed by atoms with van der Waals surface area (Å²) in [5.41, 5.74) is 1.12. The van der Waals surface area contributed by atoms with Gasteiger partial charge in [0.05, 0.1) is 16.5 Å². The van der Waals surface area contributed by atoms with Gasteiger partial charge in [0.15, 0.2) is 0 Å². The second kappa shape index (κ2) is 8.19. The fourth-order valence-corrected chi connectivity index (χ4v) is 3.64. The molecule has 1 amide bonds. The first-order valence-electron chi connectivity index (χ1n) is 9.44. The monoisotopic (exact) mass is 415 g/mol. The van der Waals surface area contributed by atoms with Gasteiger partial charge in [-0.1, -0.05) is 48.5 Å². The molecule has 1 N–H and O–H groups in total. The van der Waals surface area contributed by atoms with Crippen LogP contribution in [0.2, 0.25) is 0 Å². The Labute approximate surface area is 177 Å². The summed E-state index contributed by atoms with van der Waals surface area (Å²) in [6.45, 7) is 0.0529. The maximum atomic E-state index is 13.0. The van der Waals surface area contributed by atoms with Gasteiger partial charge in [-0.15, -0.1) is 0 Å². The van der Waals surface area contributed by atoms with Crippen molar-refractivity contribution in [3.63, 3.8) is 0 Å². The molecule has 0 unspecified atom stereocenters. The molecule has 4 rings (SSSR count). The first-order chi connectivity index (χ1) is 15.0. The number of likely N-dealkylation sites (tertiary alicyclic amines) is 1. The number of aromatic nitrogens is 1. The highest BCUT2D eigenvalue weighted by Gasteiger charge is 2.46. The van der Waals surface area contributed by atoms with E-state index in [0.717, 1.165) is 0 Å². The summed E-state index contributed by atoms with van der Waals surface area (Å²) in [5, 5.41) is 22.2. The zero-order chi connectivity index (χ0) is 22.0. The summed E-state index contributed by atoms with van der Waals surface area (Å²) < 4.78 is 0. The average molecular weight is 415 g/mol. The van der Waals surface area contributed by atoms with Crippen LogP contribution in [0.3, 0.4) is 0 Å². The molecule has 1 aliphatic heterocycles. The summed E-state index contributed by atoms with van der Waals surface area (Å²) in [7, 11) is 0. The first-order valence-corrected chi connectivity index (χ1v) is 9.44. The minimum Gasteiger partial charge on any atom is -0.507 e. The van der Waals surface area contributed by atoms with Gasteiger partial charge in [-0.05, 0) is 17.2 Å². The van der Waals surface area contributed by atoms with E-state index >= 15 is 0 Å². The number of pyridine rings is 1. The second-order valence-corrected chi connectivity index (χ2v) is 7.01. The number of hydrogen-bond donors (Lipinski definition) is 1. The molecule has 0 saturated carbocycles. The van der Waals surface area contributed by atoms with Gasteiger partial charge in [0.25, 0.3) is 17.4 Å².